The molecule has 1 rings (SSSR count). The minimum atomic E-state index is -0.0307. The van der Waals surface area contributed by atoms with Crippen LogP contribution in [0.4, 0.5) is 0 Å². The highest BCUT2D eigenvalue weighted by Gasteiger charge is 2.33. The third-order valence-corrected chi connectivity index (χ3v) is 5.64. The first-order valence-electron chi connectivity index (χ1n) is 12.4. The number of carbonyl (C=O) groups excluding carboxylic acids is 1. The number of nitrogens with zero attached hydrogens (tertiary/aromatic N) is 1. The Morgan fingerprint density at radius 3 is 1.62 bits per heavy atom. The topological polar surface area (TPSA) is 55.8 Å². The zero-order valence-electron chi connectivity index (χ0n) is 19.8. The van der Waals surface area contributed by atoms with E-state index < -0.39 is 0 Å². The van der Waals surface area contributed by atoms with Crippen LogP contribution in [0.25, 0.3) is 0 Å². The Balaban J connectivity index is 0.00000245. The number of likely N-dealkylation sites (N-methyl/N-ethyl adjacent to an activating group) is 1. The second-order valence-corrected chi connectivity index (χ2v) is 8.21. The van der Waals surface area contributed by atoms with Crippen LogP contribution in [0.1, 0.15) is 111 Å². The van der Waals surface area contributed by atoms with Gasteiger partial charge in [-0.1, -0.05) is 84.0 Å². The highest BCUT2D eigenvalue weighted by molar-refractivity contribution is 5.68. The molecule has 174 valence electrons. The van der Waals surface area contributed by atoms with E-state index in [0.29, 0.717) is 24.3 Å². The molecule has 1 N–H and O–H groups in total. The fourth-order valence-electron chi connectivity index (χ4n) is 3.70. The summed E-state index contributed by atoms with van der Waals surface area (Å²) in [4.78, 5) is 17.9. The van der Waals surface area contributed by atoms with Gasteiger partial charge in [0.05, 0.1) is 19.6 Å². The summed E-state index contributed by atoms with van der Waals surface area (Å²) < 4.78 is 5.84. The molecule has 1 aliphatic heterocycles. The number of aliphatic hydroxyl groups is 1. The SMILES string of the molecule is CCCCCCCCCCCCCCCC(=O)O[N+]1(CC)CCOCC1.CCO. The van der Waals surface area contributed by atoms with Crippen molar-refractivity contribution in [3.63, 3.8) is 0 Å². The maximum Gasteiger partial charge on any atom is 0.366 e. The van der Waals surface area contributed by atoms with Crippen molar-refractivity contribution in [3.05, 3.63) is 0 Å². The molecule has 0 bridgehead atoms. The van der Waals surface area contributed by atoms with Crippen LogP contribution in [0.2, 0.25) is 0 Å². The number of aliphatic hydroxyl groups excluding tert-OH is 1. The monoisotopic (exact) mass is 416 g/mol. The van der Waals surface area contributed by atoms with E-state index >= 15 is 0 Å². The van der Waals surface area contributed by atoms with Gasteiger partial charge < -0.3 is 9.84 Å². The Kier molecular flexibility index (Phi) is 20.2. The van der Waals surface area contributed by atoms with Gasteiger partial charge in [-0.15, -0.1) is 4.65 Å². The number of ether oxygens (including phenoxy) is 1. The number of quaternary nitrogens is 1. The highest BCUT2D eigenvalue weighted by Crippen LogP contribution is 2.16. The van der Waals surface area contributed by atoms with Crippen LogP contribution in [0.3, 0.4) is 0 Å². The number of hydrogen-bond acceptors (Lipinski definition) is 4. The van der Waals surface area contributed by atoms with Gasteiger partial charge in [0.2, 0.25) is 0 Å². The Morgan fingerprint density at radius 2 is 1.21 bits per heavy atom. The van der Waals surface area contributed by atoms with E-state index in [0.717, 1.165) is 32.5 Å². The predicted molar refractivity (Wildman–Crippen MR) is 121 cm³/mol. The number of unbranched alkanes of at least 4 members (excludes halogenated alkanes) is 12. The number of hydrogen-bond donors (Lipinski definition) is 1. The van der Waals surface area contributed by atoms with Crippen molar-refractivity contribution >= 4 is 5.97 Å². The molecule has 1 saturated heterocycles. The lowest BCUT2D eigenvalue weighted by Gasteiger charge is -2.36. The van der Waals surface area contributed by atoms with E-state index in [9.17, 15) is 4.79 Å². The average Bonchev–Trinajstić information content (AvgIpc) is 2.72. The number of morpholine rings is 1. The number of hydroxylamine groups is 3. The van der Waals surface area contributed by atoms with Crippen molar-refractivity contribution in [2.24, 2.45) is 0 Å². The standard InChI is InChI=1S/C22H44NO3.C2H6O/c1-3-5-6-7-8-9-10-11-12-13-14-15-16-17-22(24)26-23(4-2)18-20-25-21-19-23;1-2-3/h3-21H2,1-2H3;3H,2H2,1H3/q+1;. The summed E-state index contributed by atoms with van der Waals surface area (Å²) in [5.74, 6) is -0.0307. The van der Waals surface area contributed by atoms with Crippen molar-refractivity contribution in [1.82, 2.24) is 0 Å². The molecule has 0 aliphatic carbocycles. The van der Waals surface area contributed by atoms with Gasteiger partial charge in [-0.2, -0.15) is 0 Å². The van der Waals surface area contributed by atoms with Gasteiger partial charge in [-0.05, 0) is 20.3 Å². The first-order valence-corrected chi connectivity index (χ1v) is 12.4. The second-order valence-electron chi connectivity index (χ2n) is 8.21. The Morgan fingerprint density at radius 1 is 0.793 bits per heavy atom. The molecular formula is C24H50NO4+. The van der Waals surface area contributed by atoms with E-state index in [2.05, 4.69) is 13.8 Å². The summed E-state index contributed by atoms with van der Waals surface area (Å²) >= 11 is 0. The quantitative estimate of drug-likeness (QED) is 0.255. The van der Waals surface area contributed by atoms with Gasteiger partial charge in [-0.3, -0.25) is 4.84 Å². The van der Waals surface area contributed by atoms with Crippen LogP contribution in [0.5, 0.6) is 0 Å². The fraction of sp³-hybridized carbons (Fsp3) is 0.958. The zero-order valence-corrected chi connectivity index (χ0v) is 19.8. The van der Waals surface area contributed by atoms with Crippen molar-refractivity contribution in [3.8, 4) is 0 Å². The summed E-state index contributed by atoms with van der Waals surface area (Å²) in [6, 6.07) is 0. The van der Waals surface area contributed by atoms with E-state index in [1.807, 2.05) is 0 Å². The van der Waals surface area contributed by atoms with Gasteiger partial charge in [0.1, 0.15) is 19.6 Å². The zero-order chi connectivity index (χ0) is 21.6. The van der Waals surface area contributed by atoms with Gasteiger partial charge in [0, 0.05) is 6.61 Å². The first-order chi connectivity index (χ1) is 14.1. The van der Waals surface area contributed by atoms with Crippen molar-refractivity contribution in [1.29, 1.82) is 0 Å². The molecule has 5 nitrogen and oxygen atoms in total. The average molecular weight is 417 g/mol. The largest absolute Gasteiger partial charge is 0.397 e. The van der Waals surface area contributed by atoms with Crippen LogP contribution in [0, 0.1) is 0 Å². The Hall–Kier alpha value is -0.650. The maximum atomic E-state index is 12.1. The van der Waals surface area contributed by atoms with Gasteiger partial charge >= 0.3 is 5.97 Å². The van der Waals surface area contributed by atoms with Gasteiger partial charge in [0.25, 0.3) is 0 Å². The summed E-state index contributed by atoms with van der Waals surface area (Å²) in [5.41, 5.74) is 0. The number of rotatable bonds is 16. The molecule has 29 heavy (non-hydrogen) atoms. The van der Waals surface area contributed by atoms with E-state index in [4.69, 9.17) is 14.7 Å². The van der Waals surface area contributed by atoms with Gasteiger partial charge in [0.15, 0.2) is 0 Å². The van der Waals surface area contributed by atoms with Crippen LogP contribution >= 0.6 is 0 Å². The molecule has 0 aromatic rings. The maximum absolute atomic E-state index is 12.1. The minimum absolute atomic E-state index is 0.0307. The van der Waals surface area contributed by atoms with Crippen molar-refractivity contribution in [2.45, 2.75) is 111 Å². The summed E-state index contributed by atoms with van der Waals surface area (Å²) in [6.45, 7) is 10.1. The third kappa shape index (κ3) is 16.8. The molecule has 0 aromatic carbocycles. The summed E-state index contributed by atoms with van der Waals surface area (Å²) in [5, 5.41) is 7.57. The van der Waals surface area contributed by atoms with E-state index in [1.54, 1.807) is 6.92 Å². The summed E-state index contributed by atoms with van der Waals surface area (Å²) in [7, 11) is 0. The van der Waals surface area contributed by atoms with Crippen molar-refractivity contribution in [2.75, 3.05) is 39.5 Å². The minimum Gasteiger partial charge on any atom is -0.397 e. The molecule has 1 heterocycles. The van der Waals surface area contributed by atoms with Crippen molar-refractivity contribution < 1.29 is 24.1 Å². The smallest absolute Gasteiger partial charge is 0.366 e. The highest BCUT2D eigenvalue weighted by atomic mass is 16.7. The van der Waals surface area contributed by atoms with Crippen LogP contribution in [-0.2, 0) is 14.4 Å². The lowest BCUT2D eigenvalue weighted by atomic mass is 10.0. The molecule has 1 aliphatic rings. The molecule has 0 spiro atoms. The Labute approximate surface area is 180 Å². The van der Waals surface area contributed by atoms with Gasteiger partial charge in [-0.25, -0.2) is 4.79 Å². The normalized spacial score (nSPS) is 15.4. The fourth-order valence-corrected chi connectivity index (χ4v) is 3.70. The molecule has 1 fully saturated rings. The van der Waals surface area contributed by atoms with Crippen LogP contribution < -0.4 is 0 Å². The van der Waals surface area contributed by atoms with E-state index in [-0.39, 0.29) is 12.6 Å². The molecule has 0 saturated carbocycles. The number of carbonyl (C=O) groups is 1. The van der Waals surface area contributed by atoms with Crippen LogP contribution in [0.15, 0.2) is 0 Å². The molecular weight excluding hydrogens is 366 g/mol. The van der Waals surface area contributed by atoms with E-state index in [1.165, 1.54) is 70.6 Å². The lowest BCUT2D eigenvalue weighted by Crippen LogP contribution is -2.55. The Bertz CT molecular complexity index is 357. The van der Waals surface area contributed by atoms with Crippen LogP contribution in [-0.4, -0.2) is 55.2 Å². The molecule has 5 heteroatoms. The molecule has 0 radical (unpaired) electrons. The summed E-state index contributed by atoms with van der Waals surface area (Å²) in [6.07, 6.45) is 17.8. The predicted octanol–water partition coefficient (Wildman–Crippen LogP) is 5.79. The third-order valence-electron chi connectivity index (χ3n) is 5.64. The molecule has 0 aromatic heterocycles. The molecule has 0 atom stereocenters. The molecule has 0 unspecified atom stereocenters. The first kappa shape index (κ1) is 28.4. The molecule has 0 amide bonds. The second kappa shape index (κ2) is 20.6. The lowest BCUT2D eigenvalue weighted by molar-refractivity contribution is -1.09.